The molecule has 0 radical (unpaired) electrons. The molecule has 0 aliphatic rings. The smallest absolute Gasteiger partial charge is 0.249 e. The van der Waals surface area contributed by atoms with Crippen LogP contribution < -0.4 is 5.11 Å². The maximum absolute atomic E-state index is 8.44. The number of rotatable bonds is 3. The molecule has 26 heavy (non-hydrogen) atoms. The SMILES string of the molecule is Ic1cc(I)c([S+](c2ccccc2)c2ccccc2)c(I)c1.O=C([O-])O. The van der Waals surface area contributed by atoms with Crippen LogP contribution in [0.4, 0.5) is 4.79 Å². The molecule has 0 aliphatic heterocycles. The van der Waals surface area contributed by atoms with Crippen LogP contribution in [0.5, 0.6) is 0 Å². The van der Waals surface area contributed by atoms with Gasteiger partial charge in [-0.05, 0) is 104 Å². The fraction of sp³-hybridized carbons (Fsp3) is 0. The van der Waals surface area contributed by atoms with Gasteiger partial charge in [-0.3, -0.25) is 0 Å². The molecule has 0 fully saturated rings. The fourth-order valence-electron chi connectivity index (χ4n) is 2.21. The van der Waals surface area contributed by atoms with Gasteiger partial charge in [-0.1, -0.05) is 36.4 Å². The molecule has 0 atom stereocenters. The van der Waals surface area contributed by atoms with E-state index in [0.717, 1.165) is 0 Å². The molecule has 0 unspecified atom stereocenters. The average Bonchev–Trinajstić information content (AvgIpc) is 2.59. The largest absolute Gasteiger partial charge is 0.565 e. The summed E-state index contributed by atoms with van der Waals surface area (Å²) in [6, 6.07) is 26.2. The van der Waals surface area contributed by atoms with Crippen molar-refractivity contribution in [2.24, 2.45) is 0 Å². The van der Waals surface area contributed by atoms with Crippen LogP contribution in [-0.4, -0.2) is 11.3 Å². The molecule has 0 aromatic heterocycles. The lowest BCUT2D eigenvalue weighted by atomic mass is 10.4. The van der Waals surface area contributed by atoms with Gasteiger partial charge in [-0.15, -0.1) is 0 Å². The van der Waals surface area contributed by atoms with Crippen LogP contribution in [0, 0.1) is 10.7 Å². The molecule has 0 aliphatic carbocycles. The number of carboxylic acid groups (broad SMARTS) is 2. The third-order valence-electron chi connectivity index (χ3n) is 3.12. The number of hydrogen-bond donors (Lipinski definition) is 1. The first kappa shape index (κ1) is 21.8. The molecular formula is C19H13I3O3S. The van der Waals surface area contributed by atoms with E-state index in [1.54, 1.807) is 0 Å². The van der Waals surface area contributed by atoms with Gasteiger partial charge in [0.05, 0.1) is 7.14 Å². The van der Waals surface area contributed by atoms with E-state index < -0.39 is 6.16 Å². The van der Waals surface area contributed by atoms with Crippen LogP contribution in [0.25, 0.3) is 0 Å². The van der Waals surface area contributed by atoms with Crippen molar-refractivity contribution in [1.29, 1.82) is 0 Å². The van der Waals surface area contributed by atoms with Crippen molar-refractivity contribution in [3.05, 3.63) is 83.5 Å². The highest BCUT2D eigenvalue weighted by molar-refractivity contribution is 14.1. The van der Waals surface area contributed by atoms with Crippen molar-refractivity contribution in [3.63, 3.8) is 0 Å². The van der Waals surface area contributed by atoms with Gasteiger partial charge in [0.2, 0.25) is 6.16 Å². The first-order valence-corrected chi connectivity index (χ1v) is 11.7. The Balaban J connectivity index is 0.000000552. The Morgan fingerprint density at radius 3 is 1.50 bits per heavy atom. The Hall–Kier alpha value is -0.530. The Morgan fingerprint density at radius 1 is 0.808 bits per heavy atom. The van der Waals surface area contributed by atoms with E-state index in [4.69, 9.17) is 15.0 Å². The van der Waals surface area contributed by atoms with E-state index >= 15 is 0 Å². The van der Waals surface area contributed by atoms with Crippen LogP contribution in [0.2, 0.25) is 0 Å². The summed E-state index contributed by atoms with van der Waals surface area (Å²) in [5.41, 5.74) is 0. The Morgan fingerprint density at radius 2 is 1.15 bits per heavy atom. The summed E-state index contributed by atoms with van der Waals surface area (Å²) in [6.45, 7) is 0. The topological polar surface area (TPSA) is 60.4 Å². The molecule has 0 amide bonds. The van der Waals surface area contributed by atoms with E-state index in [0.29, 0.717) is 0 Å². The number of carbonyl (C=O) groups is 1. The highest BCUT2D eigenvalue weighted by Gasteiger charge is 2.33. The zero-order valence-electron chi connectivity index (χ0n) is 13.2. The summed E-state index contributed by atoms with van der Waals surface area (Å²) in [6.07, 6.45) is -2.08. The Bertz CT molecular complexity index is 807. The molecule has 3 aromatic carbocycles. The number of hydrogen-bond acceptors (Lipinski definition) is 2. The predicted octanol–water partition coefficient (Wildman–Crippen LogP) is 5.48. The molecule has 7 heteroatoms. The van der Waals surface area contributed by atoms with E-state index in [-0.39, 0.29) is 10.9 Å². The molecule has 0 heterocycles. The second-order valence-electron chi connectivity index (χ2n) is 4.90. The lowest BCUT2D eigenvalue weighted by Gasteiger charge is -2.11. The van der Waals surface area contributed by atoms with Crippen LogP contribution >= 0.6 is 67.8 Å². The predicted molar refractivity (Wildman–Crippen MR) is 128 cm³/mol. The van der Waals surface area contributed by atoms with Gasteiger partial charge in [-0.2, -0.15) is 0 Å². The quantitative estimate of drug-likeness (QED) is 0.291. The molecular weight excluding hydrogens is 689 g/mol. The molecule has 0 saturated heterocycles. The normalized spacial score (nSPS) is 10.2. The maximum Gasteiger partial charge on any atom is 0.249 e. The van der Waals surface area contributed by atoms with Gasteiger partial charge < -0.3 is 15.0 Å². The second kappa shape index (κ2) is 10.7. The van der Waals surface area contributed by atoms with Crippen LogP contribution in [0.1, 0.15) is 0 Å². The Kier molecular flexibility index (Phi) is 8.97. The van der Waals surface area contributed by atoms with Crippen LogP contribution in [0.15, 0.2) is 87.5 Å². The fourth-order valence-corrected chi connectivity index (χ4v) is 9.22. The van der Waals surface area contributed by atoms with Crippen LogP contribution in [0.3, 0.4) is 0 Å². The van der Waals surface area contributed by atoms with Crippen molar-refractivity contribution in [3.8, 4) is 0 Å². The minimum atomic E-state index is -2.08. The molecule has 0 bridgehead atoms. The van der Waals surface area contributed by atoms with E-state index in [2.05, 4.69) is 141 Å². The average molecular weight is 702 g/mol. The van der Waals surface area contributed by atoms with Gasteiger partial charge >= 0.3 is 0 Å². The second-order valence-corrected chi connectivity index (χ2v) is 10.4. The molecule has 0 saturated carbocycles. The van der Waals surface area contributed by atoms with E-state index in [9.17, 15) is 0 Å². The third kappa shape index (κ3) is 6.27. The summed E-state index contributed by atoms with van der Waals surface area (Å²) >= 11 is 7.35. The molecule has 3 nitrogen and oxygen atoms in total. The zero-order valence-corrected chi connectivity index (χ0v) is 20.5. The van der Waals surface area contributed by atoms with Crippen LogP contribution in [-0.2, 0) is 10.9 Å². The summed E-state index contributed by atoms with van der Waals surface area (Å²) < 4.78 is 3.97. The molecule has 0 spiro atoms. The standard InChI is InChI=1S/C18H12I3S.CH2O3/c19-13-11-16(20)18(17(21)12-13)22(14-7-3-1-4-8-14)15-9-5-2-6-10-15;2-1(3)4/h1-12H;(H2,2,3,4)/q+1;/p-1. The minimum Gasteiger partial charge on any atom is -0.565 e. The van der Waals surface area contributed by atoms with Crippen molar-refractivity contribution in [2.75, 3.05) is 0 Å². The number of benzene rings is 3. The Labute approximate surface area is 196 Å². The zero-order chi connectivity index (χ0) is 19.1. The highest BCUT2D eigenvalue weighted by Crippen LogP contribution is 2.37. The van der Waals surface area contributed by atoms with Crippen molar-refractivity contribution in [2.45, 2.75) is 14.7 Å². The first-order chi connectivity index (χ1) is 12.4. The summed E-state index contributed by atoms with van der Waals surface area (Å²) in [5.74, 6) is 0. The van der Waals surface area contributed by atoms with Gasteiger partial charge in [-0.25, -0.2) is 0 Å². The van der Waals surface area contributed by atoms with Gasteiger partial charge in [0, 0.05) is 3.57 Å². The lowest BCUT2D eigenvalue weighted by Crippen LogP contribution is -2.17. The summed E-state index contributed by atoms with van der Waals surface area (Å²) in [7, 11) is -0.0644. The highest BCUT2D eigenvalue weighted by atomic mass is 127. The van der Waals surface area contributed by atoms with Gasteiger partial charge in [0.1, 0.15) is 10.9 Å². The third-order valence-corrected chi connectivity index (χ3v) is 8.52. The van der Waals surface area contributed by atoms with Crippen molar-refractivity contribution < 1.29 is 15.0 Å². The maximum atomic E-state index is 8.44. The van der Waals surface area contributed by atoms with Crippen molar-refractivity contribution in [1.82, 2.24) is 0 Å². The van der Waals surface area contributed by atoms with E-state index in [1.807, 2.05) is 0 Å². The molecule has 3 aromatic rings. The molecule has 3 rings (SSSR count). The lowest BCUT2D eigenvalue weighted by molar-refractivity contribution is -0.275. The van der Waals surface area contributed by atoms with E-state index in [1.165, 1.54) is 25.4 Å². The molecule has 1 N–H and O–H groups in total. The first-order valence-electron chi connectivity index (χ1n) is 7.29. The van der Waals surface area contributed by atoms with Crippen molar-refractivity contribution >= 4 is 84.8 Å². The minimum absolute atomic E-state index is 0.0644. The van der Waals surface area contributed by atoms with Gasteiger partial charge in [0.25, 0.3) is 0 Å². The van der Waals surface area contributed by atoms with Gasteiger partial charge in [0.15, 0.2) is 14.7 Å². The summed E-state index contributed by atoms with van der Waals surface area (Å²) in [5, 5.41) is 15.3. The monoisotopic (exact) mass is 702 g/mol. The molecule has 134 valence electrons. The summed E-state index contributed by atoms with van der Waals surface area (Å²) in [4.78, 5) is 12.6. The number of halogens is 3.